The highest BCUT2D eigenvalue weighted by molar-refractivity contribution is 7.08. The Morgan fingerprint density at radius 3 is 2.68 bits per heavy atom. The maximum atomic E-state index is 12.0. The molecule has 3 aromatic rings. The number of thiophene rings is 1. The molecule has 0 aliphatic rings. The van der Waals surface area contributed by atoms with Crippen molar-refractivity contribution < 1.29 is 9.59 Å². The van der Waals surface area contributed by atoms with Crippen LogP contribution in [0.2, 0.25) is 0 Å². The summed E-state index contributed by atoms with van der Waals surface area (Å²) in [7, 11) is 0. The Balaban J connectivity index is 1.40. The number of carbonyl (C=O) groups excluding carboxylic acids is 2. The van der Waals surface area contributed by atoms with Gasteiger partial charge in [0.2, 0.25) is 5.91 Å². The molecule has 0 atom stereocenters. The van der Waals surface area contributed by atoms with Crippen LogP contribution in [0.1, 0.15) is 23.2 Å². The predicted octanol–water partition coefficient (Wildman–Crippen LogP) is 3.08. The van der Waals surface area contributed by atoms with Gasteiger partial charge < -0.3 is 15.2 Å². The van der Waals surface area contributed by atoms with Gasteiger partial charge in [0.25, 0.3) is 5.91 Å². The van der Waals surface area contributed by atoms with Crippen LogP contribution in [-0.4, -0.2) is 27.9 Å². The number of hydrogen-bond acceptors (Lipinski definition) is 4. The zero-order chi connectivity index (χ0) is 17.5. The third-order valence-corrected chi connectivity index (χ3v) is 4.29. The fourth-order valence-electron chi connectivity index (χ4n) is 2.30. The second kappa shape index (κ2) is 8.25. The number of aromatic nitrogens is 2. The van der Waals surface area contributed by atoms with Crippen LogP contribution in [-0.2, 0) is 4.79 Å². The fourth-order valence-corrected chi connectivity index (χ4v) is 2.93. The summed E-state index contributed by atoms with van der Waals surface area (Å²) < 4.78 is 1.89. The molecule has 1 aromatic carbocycles. The molecule has 2 heterocycles. The van der Waals surface area contributed by atoms with Gasteiger partial charge in [0.15, 0.2) is 0 Å². The van der Waals surface area contributed by atoms with E-state index in [0.717, 1.165) is 11.4 Å². The van der Waals surface area contributed by atoms with Crippen molar-refractivity contribution in [2.45, 2.75) is 12.8 Å². The lowest BCUT2D eigenvalue weighted by molar-refractivity contribution is -0.116. The first-order valence-electron chi connectivity index (χ1n) is 7.91. The molecular formula is C18H18N4O2S. The summed E-state index contributed by atoms with van der Waals surface area (Å²) in [5.74, 6) is -0.170. The SMILES string of the molecule is O=C(CCCNC(=O)c1ccsc1)Nc1ccc(-n2ccnc2)cc1. The Morgan fingerprint density at radius 2 is 2.00 bits per heavy atom. The van der Waals surface area contributed by atoms with Crippen molar-refractivity contribution >= 4 is 28.8 Å². The summed E-state index contributed by atoms with van der Waals surface area (Å²) in [5.41, 5.74) is 2.38. The van der Waals surface area contributed by atoms with Crippen LogP contribution < -0.4 is 10.6 Å². The third-order valence-electron chi connectivity index (χ3n) is 3.60. The van der Waals surface area contributed by atoms with Gasteiger partial charge in [0, 0.05) is 47.7 Å². The van der Waals surface area contributed by atoms with Crippen LogP contribution in [0.25, 0.3) is 5.69 Å². The first kappa shape index (κ1) is 16.9. The molecule has 25 heavy (non-hydrogen) atoms. The predicted molar refractivity (Wildman–Crippen MR) is 98.1 cm³/mol. The standard InChI is InChI=1S/C18H18N4O2S/c23-17(2-1-8-20-18(24)14-7-11-25-12-14)21-15-3-5-16(6-4-15)22-10-9-19-13-22/h3-7,9-13H,1-2,8H2,(H,20,24)(H,21,23). The molecule has 0 spiro atoms. The summed E-state index contributed by atoms with van der Waals surface area (Å²) in [6, 6.07) is 9.31. The lowest BCUT2D eigenvalue weighted by atomic mass is 10.2. The summed E-state index contributed by atoms with van der Waals surface area (Å²) in [6.07, 6.45) is 6.24. The minimum Gasteiger partial charge on any atom is -0.352 e. The zero-order valence-corrected chi connectivity index (χ0v) is 14.3. The Labute approximate surface area is 149 Å². The monoisotopic (exact) mass is 354 g/mol. The number of rotatable bonds is 7. The van der Waals surface area contributed by atoms with E-state index in [1.165, 1.54) is 11.3 Å². The molecule has 0 unspecified atom stereocenters. The Kier molecular flexibility index (Phi) is 5.58. The molecule has 3 rings (SSSR count). The van der Waals surface area contributed by atoms with Crippen LogP contribution >= 0.6 is 11.3 Å². The second-order valence-corrected chi connectivity index (χ2v) is 6.22. The van der Waals surface area contributed by atoms with E-state index in [4.69, 9.17) is 0 Å². The molecule has 128 valence electrons. The highest BCUT2D eigenvalue weighted by atomic mass is 32.1. The average molecular weight is 354 g/mol. The Bertz CT molecular complexity index is 811. The van der Waals surface area contributed by atoms with E-state index in [2.05, 4.69) is 15.6 Å². The molecule has 7 heteroatoms. The normalized spacial score (nSPS) is 10.4. The summed E-state index contributed by atoms with van der Waals surface area (Å²) in [4.78, 5) is 27.7. The quantitative estimate of drug-likeness (QED) is 0.640. The second-order valence-electron chi connectivity index (χ2n) is 5.44. The molecule has 0 saturated carbocycles. The topological polar surface area (TPSA) is 76.0 Å². The maximum Gasteiger partial charge on any atom is 0.252 e. The van der Waals surface area contributed by atoms with E-state index in [1.807, 2.05) is 40.4 Å². The summed E-state index contributed by atoms with van der Waals surface area (Å²) >= 11 is 1.48. The van der Waals surface area contributed by atoms with Crippen molar-refractivity contribution in [3.8, 4) is 5.69 Å². The van der Waals surface area contributed by atoms with Gasteiger partial charge in [0.1, 0.15) is 0 Å². The van der Waals surface area contributed by atoms with E-state index in [-0.39, 0.29) is 11.8 Å². The van der Waals surface area contributed by atoms with Crippen molar-refractivity contribution in [1.82, 2.24) is 14.9 Å². The molecule has 0 fully saturated rings. The minimum atomic E-state index is -0.100. The first-order valence-corrected chi connectivity index (χ1v) is 8.85. The smallest absolute Gasteiger partial charge is 0.252 e. The summed E-state index contributed by atoms with van der Waals surface area (Å²) in [5, 5.41) is 9.32. The van der Waals surface area contributed by atoms with E-state index in [9.17, 15) is 9.59 Å². The van der Waals surface area contributed by atoms with E-state index >= 15 is 0 Å². The number of anilines is 1. The van der Waals surface area contributed by atoms with Crippen molar-refractivity contribution in [3.63, 3.8) is 0 Å². The average Bonchev–Trinajstić information content (AvgIpc) is 3.32. The molecule has 0 bridgehead atoms. The van der Waals surface area contributed by atoms with Crippen molar-refractivity contribution in [2.24, 2.45) is 0 Å². The van der Waals surface area contributed by atoms with Crippen molar-refractivity contribution in [3.05, 3.63) is 65.4 Å². The van der Waals surface area contributed by atoms with Gasteiger partial charge in [-0.1, -0.05) is 0 Å². The van der Waals surface area contributed by atoms with Gasteiger partial charge in [-0.2, -0.15) is 11.3 Å². The van der Waals surface area contributed by atoms with Crippen LogP contribution in [0.3, 0.4) is 0 Å². The van der Waals surface area contributed by atoms with Gasteiger partial charge in [-0.05, 0) is 42.1 Å². The van der Waals surface area contributed by atoms with E-state index in [0.29, 0.717) is 24.9 Å². The van der Waals surface area contributed by atoms with Gasteiger partial charge >= 0.3 is 0 Å². The summed E-state index contributed by atoms with van der Waals surface area (Å²) in [6.45, 7) is 0.474. The number of nitrogens with zero attached hydrogens (tertiary/aromatic N) is 2. The molecule has 0 radical (unpaired) electrons. The minimum absolute atomic E-state index is 0.0693. The van der Waals surface area contributed by atoms with Crippen LogP contribution in [0.15, 0.2) is 59.8 Å². The fraction of sp³-hybridized carbons (Fsp3) is 0.167. The zero-order valence-electron chi connectivity index (χ0n) is 13.5. The van der Waals surface area contributed by atoms with Crippen LogP contribution in [0.4, 0.5) is 5.69 Å². The molecule has 0 aliphatic heterocycles. The Morgan fingerprint density at radius 1 is 1.16 bits per heavy atom. The highest BCUT2D eigenvalue weighted by Crippen LogP contribution is 2.13. The Hall–Kier alpha value is -2.93. The number of nitrogens with one attached hydrogen (secondary N) is 2. The van der Waals surface area contributed by atoms with E-state index in [1.54, 1.807) is 24.0 Å². The molecule has 2 N–H and O–H groups in total. The van der Waals surface area contributed by atoms with Gasteiger partial charge in [-0.25, -0.2) is 4.98 Å². The van der Waals surface area contributed by atoms with Gasteiger partial charge in [-0.15, -0.1) is 0 Å². The number of carbonyl (C=O) groups is 2. The van der Waals surface area contributed by atoms with Crippen LogP contribution in [0.5, 0.6) is 0 Å². The molecule has 0 aliphatic carbocycles. The van der Waals surface area contributed by atoms with Crippen molar-refractivity contribution in [1.29, 1.82) is 0 Å². The van der Waals surface area contributed by atoms with E-state index < -0.39 is 0 Å². The highest BCUT2D eigenvalue weighted by Gasteiger charge is 2.06. The lowest BCUT2D eigenvalue weighted by Gasteiger charge is -2.07. The lowest BCUT2D eigenvalue weighted by Crippen LogP contribution is -2.25. The number of benzene rings is 1. The third kappa shape index (κ3) is 4.77. The molecule has 2 amide bonds. The largest absolute Gasteiger partial charge is 0.352 e. The van der Waals surface area contributed by atoms with Gasteiger partial charge in [-0.3, -0.25) is 9.59 Å². The molecule has 0 saturated heterocycles. The number of hydrogen-bond donors (Lipinski definition) is 2. The molecule has 6 nitrogen and oxygen atoms in total. The molecular weight excluding hydrogens is 336 g/mol. The van der Waals surface area contributed by atoms with Gasteiger partial charge in [0.05, 0.1) is 6.33 Å². The number of amides is 2. The number of imidazole rings is 1. The maximum absolute atomic E-state index is 12.0. The van der Waals surface area contributed by atoms with Crippen LogP contribution in [0, 0.1) is 0 Å². The molecule has 2 aromatic heterocycles. The van der Waals surface area contributed by atoms with Crippen molar-refractivity contribution in [2.75, 3.05) is 11.9 Å². The first-order chi connectivity index (χ1) is 12.2.